The normalized spacial score (nSPS) is 14.2. The van der Waals surface area contributed by atoms with Crippen LogP contribution in [0.15, 0.2) is 146 Å². The Balaban J connectivity index is 1.05. The molecule has 0 bridgehead atoms. The van der Waals surface area contributed by atoms with E-state index in [1.165, 1.54) is 119 Å². The molecule has 0 atom stereocenters. The van der Waals surface area contributed by atoms with Crippen LogP contribution in [0.4, 0.5) is 0 Å². The van der Waals surface area contributed by atoms with Crippen LogP contribution in [0.5, 0.6) is 0 Å². The highest BCUT2D eigenvalue weighted by atomic mass is 32.1. The molecule has 346 valence electrons. The Bertz CT molecular complexity index is 3950. The molecule has 0 N–H and O–H groups in total. The smallest absolute Gasteiger partial charge is 0.155 e. The molecule has 15 rings (SSSR count). The quantitative estimate of drug-likeness (QED) is 0.167. The molecule has 0 amide bonds. The van der Waals surface area contributed by atoms with Crippen molar-refractivity contribution in [2.75, 3.05) is 0 Å². The Labute approximate surface area is 440 Å². The number of aryl methyl sites for hydroxylation is 6. The lowest BCUT2D eigenvalue weighted by Gasteiger charge is -2.36. The predicted octanol–water partition coefficient (Wildman–Crippen LogP) is 18.2. The van der Waals surface area contributed by atoms with Gasteiger partial charge in [-0.15, -0.1) is 22.7 Å². The van der Waals surface area contributed by atoms with Crippen LogP contribution in [0.3, 0.4) is 0 Å². The topological polar surface area (TPSA) is 51.6 Å². The van der Waals surface area contributed by atoms with Crippen LogP contribution in [-0.2, 0) is 10.8 Å². The van der Waals surface area contributed by atoms with Crippen molar-refractivity contribution in [2.24, 2.45) is 0 Å². The number of thiazole rings is 4. The summed E-state index contributed by atoms with van der Waals surface area (Å²) in [6.45, 7) is 12.9. The molecule has 6 heterocycles. The maximum atomic E-state index is 5.12. The molecule has 72 heavy (non-hydrogen) atoms. The van der Waals surface area contributed by atoms with Crippen LogP contribution >= 0.6 is 68.0 Å². The van der Waals surface area contributed by atoms with E-state index in [9.17, 15) is 0 Å². The average Bonchev–Trinajstić information content (AvgIpc) is 4.26. The highest BCUT2D eigenvalue weighted by Crippen LogP contribution is 2.64. The third-order valence-electron chi connectivity index (χ3n) is 15.2. The number of benzene rings is 7. The van der Waals surface area contributed by atoms with Crippen LogP contribution in [0, 0.1) is 41.5 Å². The standard InChI is InChI=1S/C62H42N4S6/c1-31-7-15-39(16-8-31)61(40-17-9-32(2)10-18-40)47-23-37-25-53(55-65-59-57(71-55)63-35(5)67-59)69-51(37)29-45(47)43-28-50-44(27-49(43)61)46-30-52-38(26-54(70-52)56-66-60-58(72-56)64-36(6)68-60)24-48(46)62(50,41-19-11-33(3)12-20-41)42-21-13-34(4)14-22-42/h7-30H,1-6H3. The van der Waals surface area contributed by atoms with Crippen molar-refractivity contribution >= 4 is 108 Å². The first-order valence-electron chi connectivity index (χ1n) is 24.1. The van der Waals surface area contributed by atoms with Crippen molar-refractivity contribution in [3.8, 4) is 42.0 Å². The lowest BCUT2D eigenvalue weighted by Crippen LogP contribution is -2.30. The monoisotopic (exact) mass is 1030 g/mol. The van der Waals surface area contributed by atoms with E-state index >= 15 is 0 Å². The van der Waals surface area contributed by atoms with E-state index in [-0.39, 0.29) is 0 Å². The SMILES string of the molecule is Cc1ccc(C2(c3ccc(C)cc3)c3cc4c(cc3-c3cc5sc(-c6nc7sc(C)nc7s6)cc5cc32)C(c2ccc(C)cc2)(c2ccc(C)cc2)c2cc3cc(-c5nc6sc(C)nc6s5)sc3cc2-4)cc1. The van der Waals surface area contributed by atoms with Gasteiger partial charge in [-0.05, 0) is 168 Å². The van der Waals surface area contributed by atoms with Gasteiger partial charge in [0.25, 0.3) is 0 Å². The van der Waals surface area contributed by atoms with Crippen LogP contribution in [0.2, 0.25) is 0 Å². The van der Waals surface area contributed by atoms with Gasteiger partial charge in [0.1, 0.15) is 10.0 Å². The first-order chi connectivity index (χ1) is 35.0. The minimum absolute atomic E-state index is 0.619. The number of hydrogen-bond acceptors (Lipinski definition) is 10. The van der Waals surface area contributed by atoms with E-state index in [1.54, 1.807) is 45.3 Å². The van der Waals surface area contributed by atoms with E-state index in [2.05, 4.69) is 187 Å². The average molecular weight is 1040 g/mol. The molecule has 0 aliphatic heterocycles. The Morgan fingerprint density at radius 2 is 0.611 bits per heavy atom. The summed E-state index contributed by atoms with van der Waals surface area (Å²) in [6, 6.07) is 57.5. The zero-order valence-electron chi connectivity index (χ0n) is 40.1. The molecule has 0 spiro atoms. The van der Waals surface area contributed by atoms with Gasteiger partial charge in [-0.3, -0.25) is 0 Å². The molecule has 0 radical (unpaired) electrons. The Morgan fingerprint density at radius 1 is 0.306 bits per heavy atom. The maximum Gasteiger partial charge on any atom is 0.155 e. The van der Waals surface area contributed by atoms with Crippen molar-refractivity contribution in [1.29, 1.82) is 0 Å². The van der Waals surface area contributed by atoms with Crippen LogP contribution in [0.1, 0.15) is 76.8 Å². The van der Waals surface area contributed by atoms with Gasteiger partial charge in [0.2, 0.25) is 0 Å². The molecule has 10 heteroatoms. The molecule has 0 fully saturated rings. The summed E-state index contributed by atoms with van der Waals surface area (Å²) < 4.78 is 2.52. The van der Waals surface area contributed by atoms with E-state index in [1.807, 2.05) is 22.7 Å². The second-order valence-electron chi connectivity index (χ2n) is 19.7. The third kappa shape index (κ3) is 6.11. The van der Waals surface area contributed by atoms with Gasteiger partial charge in [-0.25, -0.2) is 19.9 Å². The zero-order chi connectivity index (χ0) is 48.4. The molecule has 2 aliphatic rings. The predicted molar refractivity (Wildman–Crippen MR) is 309 cm³/mol. The minimum atomic E-state index is -0.619. The second-order valence-corrected chi connectivity index (χ2v) is 26.2. The van der Waals surface area contributed by atoms with Gasteiger partial charge in [0.15, 0.2) is 19.3 Å². The van der Waals surface area contributed by atoms with E-state index in [0.29, 0.717) is 0 Å². The fraction of sp³-hybridized carbons (Fsp3) is 0.129. The molecule has 13 aromatic rings. The number of aromatic nitrogens is 4. The summed E-state index contributed by atoms with van der Waals surface area (Å²) in [4.78, 5) is 26.3. The molecular formula is C62H42N4S6. The minimum Gasteiger partial charge on any atom is -0.229 e. The highest BCUT2D eigenvalue weighted by Gasteiger charge is 2.52. The van der Waals surface area contributed by atoms with E-state index < -0.39 is 10.8 Å². The molecule has 0 saturated heterocycles. The molecule has 0 unspecified atom stereocenters. The number of nitrogens with zero attached hydrogens (tertiary/aromatic N) is 4. The molecular weight excluding hydrogens is 993 g/mol. The molecule has 0 saturated carbocycles. The Kier molecular flexibility index (Phi) is 9.29. The summed E-state index contributed by atoms with van der Waals surface area (Å²) in [5.41, 5.74) is 19.2. The zero-order valence-corrected chi connectivity index (χ0v) is 45.0. The first-order valence-corrected chi connectivity index (χ1v) is 29.0. The molecule has 6 aromatic heterocycles. The van der Waals surface area contributed by atoms with E-state index in [0.717, 1.165) is 39.4 Å². The van der Waals surface area contributed by atoms with Crippen molar-refractivity contribution in [3.63, 3.8) is 0 Å². The Morgan fingerprint density at radius 3 is 0.944 bits per heavy atom. The lowest BCUT2D eigenvalue weighted by molar-refractivity contribution is 0.759. The van der Waals surface area contributed by atoms with Crippen molar-refractivity contribution in [1.82, 2.24) is 19.9 Å². The highest BCUT2D eigenvalue weighted by molar-refractivity contribution is 7.31. The van der Waals surface area contributed by atoms with Gasteiger partial charge >= 0.3 is 0 Å². The molecule has 2 aliphatic carbocycles. The number of hydrogen-bond donors (Lipinski definition) is 0. The first kappa shape index (κ1) is 43.1. The largest absolute Gasteiger partial charge is 0.229 e. The van der Waals surface area contributed by atoms with Gasteiger partial charge in [0, 0.05) is 9.40 Å². The summed E-state index contributed by atoms with van der Waals surface area (Å²) in [6.07, 6.45) is 0. The van der Waals surface area contributed by atoms with Crippen LogP contribution in [-0.4, -0.2) is 19.9 Å². The molecule has 7 aromatic carbocycles. The summed E-state index contributed by atoms with van der Waals surface area (Å²) in [5, 5.41) is 6.67. The third-order valence-corrected chi connectivity index (χ3v) is 21.6. The maximum absolute atomic E-state index is 5.12. The van der Waals surface area contributed by atoms with Crippen LogP contribution in [0.25, 0.3) is 81.5 Å². The lowest BCUT2D eigenvalue weighted by atomic mass is 9.65. The van der Waals surface area contributed by atoms with Crippen LogP contribution < -0.4 is 0 Å². The summed E-state index contributed by atoms with van der Waals surface area (Å²) >= 11 is 10.4. The van der Waals surface area contributed by atoms with Gasteiger partial charge < -0.3 is 0 Å². The fourth-order valence-electron chi connectivity index (χ4n) is 11.9. The van der Waals surface area contributed by atoms with Gasteiger partial charge in [-0.2, -0.15) is 0 Å². The number of thiophene rings is 2. The number of rotatable bonds is 6. The van der Waals surface area contributed by atoms with Crippen molar-refractivity contribution in [3.05, 3.63) is 222 Å². The number of fused-ring (bicyclic) bond motifs is 10. The van der Waals surface area contributed by atoms with Gasteiger partial charge in [-0.1, -0.05) is 165 Å². The second kappa shape index (κ2) is 15.5. The molecule has 4 nitrogen and oxygen atoms in total. The van der Waals surface area contributed by atoms with Crippen molar-refractivity contribution < 1.29 is 0 Å². The summed E-state index contributed by atoms with van der Waals surface area (Å²) in [5.74, 6) is 0. The Hall–Kier alpha value is -6.50. The van der Waals surface area contributed by atoms with Crippen molar-refractivity contribution in [2.45, 2.75) is 52.4 Å². The fourth-order valence-corrected chi connectivity index (χ4v) is 18.0. The summed E-state index contributed by atoms with van der Waals surface area (Å²) in [7, 11) is 0. The van der Waals surface area contributed by atoms with Gasteiger partial charge in [0.05, 0.1) is 30.6 Å². The van der Waals surface area contributed by atoms with E-state index in [4.69, 9.17) is 19.9 Å².